The number of hydrogen-bond acceptors (Lipinski definition) is 4. The summed E-state index contributed by atoms with van der Waals surface area (Å²) in [6, 6.07) is 14.6. The Balaban J connectivity index is 1.88. The maximum absolute atomic E-state index is 14.1. The zero-order chi connectivity index (χ0) is 19.9. The van der Waals surface area contributed by atoms with Crippen molar-refractivity contribution >= 4 is 38.7 Å². The molecule has 0 fully saturated rings. The van der Waals surface area contributed by atoms with Crippen molar-refractivity contribution in [2.24, 2.45) is 0 Å². The second kappa shape index (κ2) is 9.57. The third kappa shape index (κ3) is 4.82. The molecule has 3 rings (SSSR count). The first-order valence-corrected chi connectivity index (χ1v) is 10.3. The molecule has 0 saturated carbocycles. The van der Waals surface area contributed by atoms with E-state index in [0.717, 1.165) is 29.9 Å². The molecule has 0 aliphatic carbocycles. The van der Waals surface area contributed by atoms with Crippen LogP contribution in [0, 0.1) is 5.82 Å². The Morgan fingerprint density at radius 1 is 1.07 bits per heavy atom. The standard InChI is InChI=1S/C22H24FN3OS/c1-3-25(4-2)15-16-26(20(27)14-13-17-9-6-5-7-10-17)22-24-21-18(23)11-8-12-19(21)28-22/h5-14H,3-4,15-16H2,1-2H3/b14-13+. The third-order valence-corrected chi connectivity index (χ3v) is 5.65. The third-order valence-electron chi connectivity index (χ3n) is 4.61. The summed E-state index contributed by atoms with van der Waals surface area (Å²) in [6.45, 7) is 7.24. The van der Waals surface area contributed by atoms with Crippen molar-refractivity contribution in [3.8, 4) is 0 Å². The fourth-order valence-electron chi connectivity index (χ4n) is 2.92. The molecule has 1 amide bonds. The van der Waals surface area contributed by atoms with Gasteiger partial charge in [-0.1, -0.05) is 61.6 Å². The van der Waals surface area contributed by atoms with Gasteiger partial charge in [0.2, 0.25) is 0 Å². The van der Waals surface area contributed by atoms with Crippen molar-refractivity contribution < 1.29 is 9.18 Å². The van der Waals surface area contributed by atoms with Gasteiger partial charge >= 0.3 is 0 Å². The van der Waals surface area contributed by atoms with E-state index in [1.807, 2.05) is 36.4 Å². The number of halogens is 1. The zero-order valence-corrected chi connectivity index (χ0v) is 17.0. The Morgan fingerprint density at radius 2 is 1.82 bits per heavy atom. The zero-order valence-electron chi connectivity index (χ0n) is 16.1. The number of para-hydroxylation sites is 1. The Morgan fingerprint density at radius 3 is 2.50 bits per heavy atom. The summed E-state index contributed by atoms with van der Waals surface area (Å²) in [5, 5.41) is 0.523. The number of hydrogen-bond donors (Lipinski definition) is 0. The van der Waals surface area contributed by atoms with Crippen molar-refractivity contribution in [3.05, 3.63) is 66.0 Å². The van der Waals surface area contributed by atoms with Crippen molar-refractivity contribution in [2.45, 2.75) is 13.8 Å². The Bertz CT molecular complexity index is 951. The van der Waals surface area contributed by atoms with Gasteiger partial charge in [0, 0.05) is 19.2 Å². The van der Waals surface area contributed by atoms with E-state index < -0.39 is 0 Å². The number of likely N-dealkylation sites (N-methyl/N-ethyl adjacent to an activating group) is 1. The van der Waals surface area contributed by atoms with E-state index in [1.165, 1.54) is 17.4 Å². The first kappa shape index (κ1) is 20.2. The van der Waals surface area contributed by atoms with Crippen molar-refractivity contribution in [3.63, 3.8) is 0 Å². The van der Waals surface area contributed by atoms with E-state index in [1.54, 1.807) is 23.1 Å². The largest absolute Gasteiger partial charge is 0.302 e. The highest BCUT2D eigenvalue weighted by Gasteiger charge is 2.19. The van der Waals surface area contributed by atoms with E-state index in [0.29, 0.717) is 17.2 Å². The normalized spacial score (nSPS) is 11.6. The summed E-state index contributed by atoms with van der Waals surface area (Å²) < 4.78 is 14.8. The molecule has 0 radical (unpaired) electrons. The lowest BCUT2D eigenvalue weighted by atomic mass is 10.2. The highest BCUT2D eigenvalue weighted by Crippen LogP contribution is 2.30. The molecule has 28 heavy (non-hydrogen) atoms. The smallest absolute Gasteiger partial charge is 0.252 e. The van der Waals surface area contributed by atoms with Gasteiger partial charge in [0.25, 0.3) is 5.91 Å². The van der Waals surface area contributed by atoms with Gasteiger partial charge in [-0.3, -0.25) is 9.69 Å². The van der Waals surface area contributed by atoms with Crippen molar-refractivity contribution in [1.82, 2.24) is 9.88 Å². The van der Waals surface area contributed by atoms with Gasteiger partial charge in [-0.2, -0.15) is 0 Å². The number of amides is 1. The van der Waals surface area contributed by atoms with Crippen LogP contribution in [0.3, 0.4) is 0 Å². The molecule has 6 heteroatoms. The number of carbonyl (C=O) groups excluding carboxylic acids is 1. The summed E-state index contributed by atoms with van der Waals surface area (Å²) in [7, 11) is 0. The number of fused-ring (bicyclic) bond motifs is 1. The van der Waals surface area contributed by atoms with Crippen molar-refractivity contribution in [1.29, 1.82) is 0 Å². The molecular weight excluding hydrogens is 373 g/mol. The van der Waals surface area contributed by atoms with Crippen LogP contribution >= 0.6 is 11.3 Å². The maximum atomic E-state index is 14.1. The van der Waals surface area contributed by atoms with Crippen LogP contribution in [0.4, 0.5) is 9.52 Å². The first-order chi connectivity index (χ1) is 13.6. The lowest BCUT2D eigenvalue weighted by molar-refractivity contribution is -0.114. The number of carbonyl (C=O) groups is 1. The van der Waals surface area contributed by atoms with Crippen LogP contribution in [0.25, 0.3) is 16.3 Å². The quantitative estimate of drug-likeness (QED) is 0.511. The van der Waals surface area contributed by atoms with Gasteiger partial charge in [-0.25, -0.2) is 9.37 Å². The van der Waals surface area contributed by atoms with Crippen LogP contribution in [0.1, 0.15) is 19.4 Å². The van der Waals surface area contributed by atoms with Crippen LogP contribution in [0.15, 0.2) is 54.6 Å². The molecule has 1 aromatic heterocycles. The SMILES string of the molecule is CCN(CC)CCN(C(=O)/C=C/c1ccccc1)c1nc2c(F)cccc2s1. The van der Waals surface area contributed by atoms with E-state index in [4.69, 9.17) is 0 Å². The molecule has 146 valence electrons. The fourth-order valence-corrected chi connectivity index (χ4v) is 3.93. The van der Waals surface area contributed by atoms with E-state index in [2.05, 4.69) is 23.7 Å². The predicted octanol–water partition coefficient (Wildman–Crippen LogP) is 4.82. The van der Waals surface area contributed by atoms with Crippen LogP contribution in [0.2, 0.25) is 0 Å². The number of benzene rings is 2. The summed E-state index contributed by atoms with van der Waals surface area (Å²) in [4.78, 5) is 21.3. The molecule has 4 nitrogen and oxygen atoms in total. The average Bonchev–Trinajstić information content (AvgIpc) is 3.15. The highest BCUT2D eigenvalue weighted by atomic mass is 32.1. The number of nitrogens with zero attached hydrogens (tertiary/aromatic N) is 3. The van der Waals surface area contributed by atoms with Gasteiger partial charge in [-0.15, -0.1) is 0 Å². The Labute approximate surface area is 168 Å². The molecule has 0 unspecified atom stereocenters. The van der Waals surface area contributed by atoms with Crippen LogP contribution < -0.4 is 4.90 Å². The molecule has 2 aromatic carbocycles. The average molecular weight is 398 g/mol. The van der Waals surface area contributed by atoms with Gasteiger partial charge in [0.05, 0.1) is 4.70 Å². The minimum absolute atomic E-state index is 0.157. The monoisotopic (exact) mass is 397 g/mol. The molecule has 0 aliphatic rings. The Kier molecular flexibility index (Phi) is 6.90. The van der Waals surface area contributed by atoms with Gasteiger partial charge in [0.1, 0.15) is 11.3 Å². The molecule has 0 bridgehead atoms. The summed E-state index contributed by atoms with van der Waals surface area (Å²) in [5.41, 5.74) is 1.27. The van der Waals surface area contributed by atoms with E-state index in [-0.39, 0.29) is 11.7 Å². The molecule has 1 heterocycles. The van der Waals surface area contributed by atoms with Crippen LogP contribution in [-0.2, 0) is 4.79 Å². The summed E-state index contributed by atoms with van der Waals surface area (Å²) in [5.74, 6) is -0.522. The van der Waals surface area contributed by atoms with Crippen molar-refractivity contribution in [2.75, 3.05) is 31.1 Å². The second-order valence-electron chi connectivity index (χ2n) is 6.34. The number of thiazole rings is 1. The molecule has 3 aromatic rings. The number of aromatic nitrogens is 1. The summed E-state index contributed by atoms with van der Waals surface area (Å²) in [6.07, 6.45) is 3.35. The van der Waals surface area contributed by atoms with Crippen LogP contribution in [-0.4, -0.2) is 42.0 Å². The molecule has 0 saturated heterocycles. The van der Waals surface area contributed by atoms with Gasteiger partial charge < -0.3 is 4.90 Å². The minimum Gasteiger partial charge on any atom is -0.302 e. The van der Waals surface area contributed by atoms with Gasteiger partial charge in [0.15, 0.2) is 5.13 Å². The van der Waals surface area contributed by atoms with Crippen LogP contribution in [0.5, 0.6) is 0 Å². The van der Waals surface area contributed by atoms with E-state index >= 15 is 0 Å². The molecule has 0 N–H and O–H groups in total. The lowest BCUT2D eigenvalue weighted by Crippen LogP contribution is -2.38. The predicted molar refractivity (Wildman–Crippen MR) is 115 cm³/mol. The lowest BCUT2D eigenvalue weighted by Gasteiger charge is -2.23. The topological polar surface area (TPSA) is 36.4 Å². The fraction of sp³-hybridized carbons (Fsp3) is 0.273. The highest BCUT2D eigenvalue weighted by molar-refractivity contribution is 7.22. The Hall–Kier alpha value is -2.57. The number of anilines is 1. The van der Waals surface area contributed by atoms with E-state index in [9.17, 15) is 9.18 Å². The second-order valence-corrected chi connectivity index (χ2v) is 7.35. The molecular formula is C22H24FN3OS. The molecule has 0 atom stereocenters. The minimum atomic E-state index is -0.365. The maximum Gasteiger partial charge on any atom is 0.252 e. The van der Waals surface area contributed by atoms with Gasteiger partial charge in [-0.05, 0) is 36.9 Å². The molecule has 0 spiro atoms. The molecule has 0 aliphatic heterocycles. The first-order valence-electron chi connectivity index (χ1n) is 9.44. The summed E-state index contributed by atoms with van der Waals surface area (Å²) >= 11 is 1.34. The number of rotatable bonds is 8.